The summed E-state index contributed by atoms with van der Waals surface area (Å²) in [5, 5.41) is 0. The van der Waals surface area contributed by atoms with Crippen molar-refractivity contribution >= 4 is 41.2 Å². The van der Waals surface area contributed by atoms with Crippen molar-refractivity contribution in [2.75, 3.05) is 25.7 Å². The molecule has 6 nitrogen and oxygen atoms in total. The van der Waals surface area contributed by atoms with Crippen LogP contribution in [-0.4, -0.2) is 53.1 Å². The molecule has 1 aromatic rings. The summed E-state index contributed by atoms with van der Waals surface area (Å²) in [5.41, 5.74) is -0.142. The number of methoxy groups -OCH3 is 2. The number of rotatable bonds is 2. The van der Waals surface area contributed by atoms with E-state index in [-0.39, 0.29) is 21.0 Å². The average Bonchev–Trinajstić information content (AvgIpc) is 2.75. The van der Waals surface area contributed by atoms with E-state index in [4.69, 9.17) is 14.2 Å². The molecule has 0 unspecified atom stereocenters. The average molecular weight is 437 g/mol. The molecule has 2 fully saturated rings. The molecule has 1 aromatic carbocycles. The third-order valence-electron chi connectivity index (χ3n) is 5.98. The first kappa shape index (κ1) is 20.6. The largest absolute Gasteiger partial charge is 0.486 e. The summed E-state index contributed by atoms with van der Waals surface area (Å²) in [7, 11) is 2.48. The molecule has 0 bridgehead atoms. The molecule has 1 aliphatic carbocycles. The molecule has 8 heteroatoms. The van der Waals surface area contributed by atoms with Gasteiger partial charge in [0.1, 0.15) is 11.4 Å². The van der Waals surface area contributed by atoms with Crippen LogP contribution >= 0.6 is 23.5 Å². The SMILES string of the molecule is COC(=O)c1cc2c(cc1C(=O)OC)C(=O)CC1(CCC3(CC1)SCCCS3)O2. The highest BCUT2D eigenvalue weighted by Crippen LogP contribution is 2.55. The smallest absolute Gasteiger partial charge is 0.338 e. The first-order valence-corrected chi connectivity index (χ1v) is 11.7. The van der Waals surface area contributed by atoms with Gasteiger partial charge in [0.2, 0.25) is 0 Å². The second-order valence-corrected chi connectivity index (χ2v) is 10.9. The van der Waals surface area contributed by atoms with Crippen LogP contribution in [0.15, 0.2) is 12.1 Å². The summed E-state index contributed by atoms with van der Waals surface area (Å²) in [6, 6.07) is 2.86. The Morgan fingerprint density at radius 3 is 2.14 bits per heavy atom. The van der Waals surface area contributed by atoms with Crippen LogP contribution in [0.4, 0.5) is 0 Å². The number of esters is 2. The van der Waals surface area contributed by atoms with E-state index in [9.17, 15) is 14.4 Å². The number of Topliss-reactive ketones (excluding diaryl/α,β-unsaturated/α-hetero) is 1. The van der Waals surface area contributed by atoms with Gasteiger partial charge in [0, 0.05) is 0 Å². The lowest BCUT2D eigenvalue weighted by molar-refractivity contribution is 0.0125. The highest BCUT2D eigenvalue weighted by molar-refractivity contribution is 8.18. The van der Waals surface area contributed by atoms with Crippen LogP contribution in [0, 0.1) is 0 Å². The van der Waals surface area contributed by atoms with Crippen molar-refractivity contribution in [3.8, 4) is 5.75 Å². The lowest BCUT2D eigenvalue weighted by Crippen LogP contribution is -2.48. The van der Waals surface area contributed by atoms with Crippen LogP contribution in [0.5, 0.6) is 5.75 Å². The topological polar surface area (TPSA) is 78.9 Å². The summed E-state index contributed by atoms with van der Waals surface area (Å²) in [6.45, 7) is 0. The molecule has 2 aliphatic heterocycles. The number of hydrogen-bond donors (Lipinski definition) is 0. The molecule has 0 atom stereocenters. The fourth-order valence-corrected chi connectivity index (χ4v) is 7.69. The van der Waals surface area contributed by atoms with Gasteiger partial charge in [-0.15, -0.1) is 23.5 Å². The number of hydrogen-bond acceptors (Lipinski definition) is 8. The summed E-state index contributed by atoms with van der Waals surface area (Å²) in [5.74, 6) is 1.33. The number of thioether (sulfide) groups is 2. The zero-order valence-electron chi connectivity index (χ0n) is 16.6. The molecule has 2 spiro atoms. The standard InChI is InChI=1S/C21H24O6S2/c1-25-18(23)13-10-15-16(22)12-20(27-17(15)11-14(13)19(24)26-2)4-6-21(7-5-20)28-8-3-9-29-21/h10-11H,3-9,12H2,1-2H3. The summed E-state index contributed by atoms with van der Waals surface area (Å²) < 4.78 is 16.2. The lowest BCUT2D eigenvalue weighted by Gasteiger charge is -2.48. The van der Waals surface area contributed by atoms with Crippen LogP contribution in [0.25, 0.3) is 0 Å². The zero-order chi connectivity index (χ0) is 20.6. The Morgan fingerprint density at radius 1 is 0.966 bits per heavy atom. The third-order valence-corrected chi connectivity index (χ3v) is 9.54. The van der Waals surface area contributed by atoms with Crippen molar-refractivity contribution < 1.29 is 28.6 Å². The van der Waals surface area contributed by atoms with Gasteiger partial charge in [-0.1, -0.05) is 0 Å². The Hall–Kier alpha value is -1.67. The fraction of sp³-hybridized carbons (Fsp3) is 0.571. The maximum atomic E-state index is 13.0. The minimum absolute atomic E-state index is 0.0172. The molecule has 0 amide bonds. The number of carbonyl (C=O) groups excluding carboxylic acids is 3. The van der Waals surface area contributed by atoms with E-state index >= 15 is 0 Å². The molecule has 2 heterocycles. The van der Waals surface area contributed by atoms with Crippen LogP contribution < -0.4 is 4.74 Å². The van der Waals surface area contributed by atoms with Gasteiger partial charge in [-0.25, -0.2) is 9.59 Å². The molecule has 0 radical (unpaired) electrons. The van der Waals surface area contributed by atoms with E-state index in [0.29, 0.717) is 17.7 Å². The second kappa shape index (κ2) is 7.87. The number of benzene rings is 1. The number of ether oxygens (including phenoxy) is 3. The number of fused-ring (bicyclic) bond motifs is 1. The zero-order valence-corrected chi connectivity index (χ0v) is 18.2. The first-order valence-electron chi connectivity index (χ1n) is 9.76. The Kier molecular flexibility index (Phi) is 5.59. The van der Waals surface area contributed by atoms with E-state index in [2.05, 4.69) is 0 Å². The van der Waals surface area contributed by atoms with E-state index in [1.54, 1.807) is 0 Å². The van der Waals surface area contributed by atoms with Crippen molar-refractivity contribution in [1.29, 1.82) is 0 Å². The van der Waals surface area contributed by atoms with Gasteiger partial charge in [0.05, 0.1) is 41.4 Å². The van der Waals surface area contributed by atoms with Crippen LogP contribution in [0.1, 0.15) is 69.6 Å². The minimum atomic E-state index is -0.688. The predicted octanol–water partition coefficient (Wildman–Crippen LogP) is 4.10. The second-order valence-electron chi connectivity index (χ2n) is 7.72. The molecule has 29 heavy (non-hydrogen) atoms. The van der Waals surface area contributed by atoms with E-state index in [0.717, 1.165) is 25.7 Å². The van der Waals surface area contributed by atoms with Gasteiger partial charge < -0.3 is 14.2 Å². The molecular formula is C21H24O6S2. The molecule has 3 aliphatic rings. The van der Waals surface area contributed by atoms with Crippen molar-refractivity contribution in [2.45, 2.75) is 48.2 Å². The Morgan fingerprint density at radius 2 is 1.55 bits per heavy atom. The number of carbonyl (C=O) groups is 3. The predicted molar refractivity (Wildman–Crippen MR) is 112 cm³/mol. The lowest BCUT2D eigenvalue weighted by atomic mass is 9.77. The molecule has 4 rings (SSSR count). The quantitative estimate of drug-likeness (QED) is 0.641. The number of ketones is 1. The van der Waals surface area contributed by atoms with Crippen molar-refractivity contribution in [3.05, 3.63) is 28.8 Å². The van der Waals surface area contributed by atoms with Crippen molar-refractivity contribution in [1.82, 2.24) is 0 Å². The monoisotopic (exact) mass is 436 g/mol. The molecule has 0 aromatic heterocycles. The fourth-order valence-electron chi connectivity index (χ4n) is 4.37. The Labute approximate surface area is 178 Å². The minimum Gasteiger partial charge on any atom is -0.486 e. The molecule has 156 valence electrons. The maximum Gasteiger partial charge on any atom is 0.338 e. The molecule has 0 N–H and O–H groups in total. The van der Waals surface area contributed by atoms with Gasteiger partial charge in [-0.05, 0) is 55.7 Å². The van der Waals surface area contributed by atoms with Crippen LogP contribution in [0.3, 0.4) is 0 Å². The van der Waals surface area contributed by atoms with Gasteiger partial charge in [-0.3, -0.25) is 4.79 Å². The maximum absolute atomic E-state index is 13.0. The Balaban J connectivity index is 1.64. The molecular weight excluding hydrogens is 412 g/mol. The summed E-state index contributed by atoms with van der Waals surface area (Å²) in [4.78, 5) is 37.3. The highest BCUT2D eigenvalue weighted by Gasteiger charge is 2.49. The van der Waals surface area contributed by atoms with Gasteiger partial charge in [0.15, 0.2) is 5.78 Å². The first-order chi connectivity index (χ1) is 13.9. The van der Waals surface area contributed by atoms with Crippen LogP contribution in [-0.2, 0) is 9.47 Å². The normalized spacial score (nSPS) is 21.9. The van der Waals surface area contributed by atoms with Crippen molar-refractivity contribution in [3.63, 3.8) is 0 Å². The highest BCUT2D eigenvalue weighted by atomic mass is 32.2. The Bertz CT molecular complexity index is 849. The van der Waals surface area contributed by atoms with Crippen LogP contribution in [0.2, 0.25) is 0 Å². The molecule has 1 saturated heterocycles. The summed E-state index contributed by atoms with van der Waals surface area (Å²) >= 11 is 4.09. The van der Waals surface area contributed by atoms with Gasteiger partial charge >= 0.3 is 11.9 Å². The van der Waals surface area contributed by atoms with Gasteiger partial charge in [0.25, 0.3) is 0 Å². The summed E-state index contributed by atoms with van der Waals surface area (Å²) in [6.07, 6.45) is 5.19. The third kappa shape index (κ3) is 3.77. The van der Waals surface area contributed by atoms with Crippen molar-refractivity contribution in [2.24, 2.45) is 0 Å². The van der Waals surface area contributed by atoms with Gasteiger partial charge in [-0.2, -0.15) is 0 Å². The van der Waals surface area contributed by atoms with E-state index < -0.39 is 17.5 Å². The van der Waals surface area contributed by atoms with E-state index in [1.165, 1.54) is 44.3 Å². The van der Waals surface area contributed by atoms with E-state index in [1.807, 2.05) is 23.5 Å². The molecule has 1 saturated carbocycles.